The molecule has 0 spiro atoms. The van der Waals surface area contributed by atoms with Gasteiger partial charge in [0.05, 0.1) is 0 Å². The topological polar surface area (TPSA) is 63.6 Å². The molecule has 0 heterocycles. The molecule has 0 aliphatic carbocycles. The molecule has 1 aromatic carbocycles. The summed E-state index contributed by atoms with van der Waals surface area (Å²) >= 11 is 0.978. The van der Waals surface area contributed by atoms with Gasteiger partial charge in [-0.1, -0.05) is 0 Å². The molecule has 1 aromatic rings. The van der Waals surface area contributed by atoms with Crippen LogP contribution in [0.4, 0.5) is 0 Å². The first kappa shape index (κ1) is 12.0. The first-order chi connectivity index (χ1) is 6.47. The fraction of sp³-hybridized carbons (Fsp3) is 0.250. The Balaban J connectivity index is 2.43. The van der Waals surface area contributed by atoms with Crippen LogP contribution in [0.2, 0.25) is 0 Å². The molecule has 14 heavy (non-hydrogen) atoms. The monoisotopic (exact) mass is 224 g/mol. The van der Waals surface area contributed by atoms with Crippen molar-refractivity contribution in [2.75, 3.05) is 12.4 Å². The molecule has 0 atom stereocenters. The Labute approximate surface area is 100 Å². The van der Waals surface area contributed by atoms with E-state index < -0.39 is 10.1 Å². The average molecular weight is 224 g/mol. The summed E-state index contributed by atoms with van der Waals surface area (Å²) in [5.74, 6) is 0.239. The van der Waals surface area contributed by atoms with Gasteiger partial charge >= 0.3 is 101 Å². The van der Waals surface area contributed by atoms with E-state index in [9.17, 15) is 8.42 Å². The van der Waals surface area contributed by atoms with Crippen molar-refractivity contribution in [3.05, 3.63) is 24.3 Å². The van der Waals surface area contributed by atoms with Gasteiger partial charge in [-0.3, -0.25) is 0 Å². The van der Waals surface area contributed by atoms with Crippen LogP contribution < -0.4 is 7.55 Å². The summed E-state index contributed by atoms with van der Waals surface area (Å²) < 4.78 is 35.5. The van der Waals surface area contributed by atoms with Crippen LogP contribution in [0.3, 0.4) is 0 Å². The Bertz CT molecular complexity index is 384. The van der Waals surface area contributed by atoms with Gasteiger partial charge < -0.3 is 0 Å². The Morgan fingerprint density at radius 3 is 2.36 bits per heavy atom. The fourth-order valence-electron chi connectivity index (χ4n) is 0.899. The van der Waals surface area contributed by atoms with Crippen LogP contribution in [0, 0.1) is 0 Å². The van der Waals surface area contributed by atoms with Crippen molar-refractivity contribution in [2.45, 2.75) is 0 Å². The van der Waals surface area contributed by atoms with Crippen LogP contribution in [0.25, 0.3) is 0 Å². The first-order valence-corrected chi connectivity index (χ1v) is 6.73. The van der Waals surface area contributed by atoms with Crippen LogP contribution in [0.15, 0.2) is 24.3 Å². The molecule has 0 aromatic heterocycles. The van der Waals surface area contributed by atoms with Gasteiger partial charge in [0, 0.05) is 0 Å². The predicted molar refractivity (Wildman–Crippen MR) is 53.7 cm³/mol. The Morgan fingerprint density at radius 1 is 1.29 bits per heavy atom. The zero-order chi connectivity index (χ0) is 10.6. The average Bonchev–Trinajstić information content (AvgIpc) is 2.06. The second-order valence-corrected chi connectivity index (χ2v) is 5.67. The second-order valence-electron chi connectivity index (χ2n) is 2.95. The van der Waals surface area contributed by atoms with Crippen LogP contribution in [-0.2, 0) is 10.1 Å². The van der Waals surface area contributed by atoms with Gasteiger partial charge in [-0.25, -0.2) is 0 Å². The second kappa shape index (κ2) is 5.14. The summed E-state index contributed by atoms with van der Waals surface area (Å²) in [5.41, 5.74) is 0. The zero-order valence-electron chi connectivity index (χ0n) is 7.80. The van der Waals surface area contributed by atoms with Crippen molar-refractivity contribution in [1.29, 1.82) is 0 Å². The number of hydrogen-bond donors (Lipinski definition) is 1. The molecule has 0 fully saturated rings. The third kappa shape index (κ3) is 4.97. The van der Waals surface area contributed by atoms with Crippen molar-refractivity contribution in [3.8, 4) is 5.75 Å². The minimum atomic E-state index is -3.92. The van der Waals surface area contributed by atoms with Gasteiger partial charge in [-0.15, -0.1) is 0 Å². The zero-order valence-corrected chi connectivity index (χ0v) is 10.6. The molecule has 1 rings (SSSR count). The van der Waals surface area contributed by atoms with E-state index in [0.29, 0.717) is 5.75 Å². The Hall–Kier alpha value is -0.0700. The predicted octanol–water partition coefficient (Wildman–Crippen LogP) is -0.253. The van der Waals surface area contributed by atoms with Crippen LogP contribution >= 0.6 is 0 Å². The molecular weight excluding hydrogens is 215 g/mol. The standard InChI is InChI=1S/C8H9O4S.Na/c9-13(10,11)7-6-12-8-4-2-1-3-5-8;/h2-5H,6-7H2,(H,9,10,11);. The van der Waals surface area contributed by atoms with E-state index in [4.69, 9.17) is 9.29 Å². The molecule has 6 heteroatoms. The van der Waals surface area contributed by atoms with Crippen molar-refractivity contribution >= 4 is 40.9 Å². The molecule has 0 unspecified atom stereocenters. The van der Waals surface area contributed by atoms with E-state index in [1.165, 1.54) is 2.81 Å². The third-order valence-corrected chi connectivity index (χ3v) is 2.98. The molecule has 0 aliphatic rings. The van der Waals surface area contributed by atoms with Crippen molar-refractivity contribution in [3.63, 3.8) is 0 Å². The van der Waals surface area contributed by atoms with Gasteiger partial charge in [0.2, 0.25) is 0 Å². The Morgan fingerprint density at radius 2 is 1.86 bits per heavy atom. The van der Waals surface area contributed by atoms with Crippen molar-refractivity contribution in [2.24, 2.45) is 0 Å². The van der Waals surface area contributed by atoms with Crippen LogP contribution in [0.5, 0.6) is 5.75 Å². The van der Waals surface area contributed by atoms with Gasteiger partial charge in [0.15, 0.2) is 0 Å². The molecule has 4 nitrogen and oxygen atoms in total. The summed E-state index contributed by atoms with van der Waals surface area (Å²) in [7, 11) is -3.92. The number of rotatable bonds is 4. The number of hydrogen-bond acceptors (Lipinski definition) is 3. The van der Waals surface area contributed by atoms with E-state index in [-0.39, 0.29) is 12.4 Å². The molecule has 0 saturated heterocycles. The van der Waals surface area contributed by atoms with Crippen molar-refractivity contribution < 1.29 is 17.7 Å². The fourth-order valence-corrected chi connectivity index (χ4v) is 1.53. The van der Waals surface area contributed by atoms with E-state index >= 15 is 0 Å². The van der Waals surface area contributed by atoms with Gasteiger partial charge in [0.1, 0.15) is 0 Å². The maximum absolute atomic E-state index is 10.4. The van der Waals surface area contributed by atoms with E-state index in [1.54, 1.807) is 12.1 Å². The summed E-state index contributed by atoms with van der Waals surface area (Å²) in [6.07, 6.45) is 0. The SMILES string of the molecule is O=S(=O)(O)CCOc1cc[c]([Na])cc1. The molecule has 0 saturated carbocycles. The van der Waals surface area contributed by atoms with E-state index in [0.717, 1.165) is 27.9 Å². The summed E-state index contributed by atoms with van der Waals surface area (Å²) in [6.45, 7) is -0.0284. The molecule has 72 valence electrons. The van der Waals surface area contributed by atoms with Crippen LogP contribution in [0.1, 0.15) is 0 Å². The van der Waals surface area contributed by atoms with Crippen molar-refractivity contribution in [1.82, 2.24) is 0 Å². The maximum atomic E-state index is 10.4. The molecule has 0 amide bonds. The van der Waals surface area contributed by atoms with Gasteiger partial charge in [-0.2, -0.15) is 0 Å². The third-order valence-electron chi connectivity index (χ3n) is 1.63. The molecule has 0 radical (unpaired) electrons. The number of ether oxygens (including phenoxy) is 1. The van der Waals surface area contributed by atoms with E-state index in [2.05, 4.69) is 0 Å². The number of benzene rings is 1. The molecule has 0 bridgehead atoms. The quantitative estimate of drug-likeness (QED) is 0.565. The molecule has 1 N–H and O–H groups in total. The van der Waals surface area contributed by atoms with Gasteiger partial charge in [0.25, 0.3) is 0 Å². The normalized spacial score (nSPS) is 11.4. The first-order valence-electron chi connectivity index (χ1n) is 4.12. The summed E-state index contributed by atoms with van der Waals surface area (Å²) in [4.78, 5) is 0. The summed E-state index contributed by atoms with van der Waals surface area (Å²) in [5, 5.41) is 0. The van der Waals surface area contributed by atoms with Gasteiger partial charge in [-0.05, 0) is 0 Å². The van der Waals surface area contributed by atoms with Crippen LogP contribution in [-0.4, -0.2) is 53.3 Å². The van der Waals surface area contributed by atoms with E-state index in [1.807, 2.05) is 12.1 Å². The molecular formula is C8H9NaO4S. The Kier molecular flexibility index (Phi) is 4.40. The molecule has 0 aliphatic heterocycles. The minimum absolute atomic E-state index is 0.0284. The summed E-state index contributed by atoms with van der Waals surface area (Å²) in [6, 6.07) is 7.42.